The number of hydrogen-bond donors (Lipinski definition) is 2. The van der Waals surface area contributed by atoms with Gasteiger partial charge in [-0.1, -0.05) is 0 Å². The highest BCUT2D eigenvalue weighted by atomic mass is 16.5. The molecule has 2 heterocycles. The summed E-state index contributed by atoms with van der Waals surface area (Å²) >= 11 is 0. The van der Waals surface area contributed by atoms with Gasteiger partial charge < -0.3 is 15.4 Å². The van der Waals surface area contributed by atoms with Gasteiger partial charge in [0.2, 0.25) is 0 Å². The van der Waals surface area contributed by atoms with Crippen LogP contribution in [-0.2, 0) is 18.3 Å². The number of ether oxygens (including phenoxy) is 1. The molecule has 2 rings (SSSR count). The van der Waals surface area contributed by atoms with Crippen LogP contribution in [0.1, 0.15) is 25.3 Å². The van der Waals surface area contributed by atoms with Gasteiger partial charge in [0.15, 0.2) is 5.96 Å². The zero-order valence-electron chi connectivity index (χ0n) is 11.7. The van der Waals surface area contributed by atoms with Crippen LogP contribution in [-0.4, -0.2) is 41.5 Å². The maximum absolute atomic E-state index is 5.59. The number of aromatic nitrogens is 2. The molecule has 1 fully saturated rings. The van der Waals surface area contributed by atoms with Crippen molar-refractivity contribution in [2.24, 2.45) is 12.0 Å². The normalized spacial score (nSPS) is 19.7. The Bertz CT molecular complexity index is 409. The number of nitrogens with one attached hydrogen (secondary N) is 2. The molecule has 1 saturated heterocycles. The minimum Gasteiger partial charge on any atom is -0.376 e. The van der Waals surface area contributed by atoms with E-state index in [2.05, 4.69) is 27.6 Å². The molecule has 0 bridgehead atoms. The van der Waals surface area contributed by atoms with Crippen LogP contribution in [0.25, 0.3) is 0 Å². The van der Waals surface area contributed by atoms with Crippen LogP contribution in [0.15, 0.2) is 17.4 Å². The number of rotatable bonds is 5. The van der Waals surface area contributed by atoms with E-state index in [4.69, 9.17) is 4.74 Å². The van der Waals surface area contributed by atoms with Crippen molar-refractivity contribution in [2.75, 3.05) is 19.7 Å². The van der Waals surface area contributed by atoms with E-state index in [1.165, 1.54) is 0 Å². The predicted molar refractivity (Wildman–Crippen MR) is 75.0 cm³/mol. The fraction of sp³-hybridized carbons (Fsp3) is 0.692. The zero-order valence-corrected chi connectivity index (χ0v) is 11.7. The first kappa shape index (κ1) is 13.9. The minimum absolute atomic E-state index is 0.322. The SMILES string of the molecule is CCNC(=NCc1cnn(C)c1)NCC1CCCO1. The van der Waals surface area contributed by atoms with Gasteiger partial charge in [-0.25, -0.2) is 4.99 Å². The van der Waals surface area contributed by atoms with Crippen LogP contribution < -0.4 is 10.6 Å². The molecule has 1 aliphatic heterocycles. The van der Waals surface area contributed by atoms with E-state index < -0.39 is 0 Å². The maximum Gasteiger partial charge on any atom is 0.191 e. The second kappa shape index (κ2) is 7.13. The van der Waals surface area contributed by atoms with Gasteiger partial charge in [0.25, 0.3) is 0 Å². The summed E-state index contributed by atoms with van der Waals surface area (Å²) in [6.07, 6.45) is 6.44. The molecule has 0 aliphatic carbocycles. The molecule has 1 aromatic rings. The Hall–Kier alpha value is -1.56. The molecular formula is C13H23N5O. The molecule has 1 aliphatic rings. The van der Waals surface area contributed by atoms with Gasteiger partial charge in [-0.3, -0.25) is 4.68 Å². The molecule has 2 N–H and O–H groups in total. The van der Waals surface area contributed by atoms with Crippen molar-refractivity contribution in [3.63, 3.8) is 0 Å². The third kappa shape index (κ3) is 4.55. The first-order valence-corrected chi connectivity index (χ1v) is 6.89. The summed E-state index contributed by atoms with van der Waals surface area (Å²) in [5.41, 5.74) is 1.11. The Morgan fingerprint density at radius 3 is 3.11 bits per heavy atom. The summed E-state index contributed by atoms with van der Waals surface area (Å²) < 4.78 is 7.38. The number of hydrogen-bond acceptors (Lipinski definition) is 3. The van der Waals surface area contributed by atoms with Crippen LogP contribution in [0.4, 0.5) is 0 Å². The van der Waals surface area contributed by atoms with Crippen molar-refractivity contribution in [1.29, 1.82) is 0 Å². The Labute approximate surface area is 114 Å². The summed E-state index contributed by atoms with van der Waals surface area (Å²) in [6, 6.07) is 0. The zero-order chi connectivity index (χ0) is 13.5. The molecule has 19 heavy (non-hydrogen) atoms. The average molecular weight is 265 g/mol. The molecule has 0 saturated carbocycles. The average Bonchev–Trinajstić information content (AvgIpc) is 3.04. The van der Waals surface area contributed by atoms with Crippen LogP contribution in [0.2, 0.25) is 0 Å². The summed E-state index contributed by atoms with van der Waals surface area (Å²) in [5.74, 6) is 0.835. The van der Waals surface area contributed by atoms with E-state index >= 15 is 0 Å². The number of aryl methyl sites for hydroxylation is 1. The lowest BCUT2D eigenvalue weighted by Crippen LogP contribution is -2.41. The molecule has 0 amide bonds. The van der Waals surface area contributed by atoms with Crippen molar-refractivity contribution < 1.29 is 4.74 Å². The van der Waals surface area contributed by atoms with Crippen molar-refractivity contribution in [3.8, 4) is 0 Å². The van der Waals surface area contributed by atoms with E-state index in [0.29, 0.717) is 12.6 Å². The van der Waals surface area contributed by atoms with Crippen LogP contribution >= 0.6 is 0 Å². The van der Waals surface area contributed by atoms with Crippen LogP contribution in [0, 0.1) is 0 Å². The van der Waals surface area contributed by atoms with Crippen molar-refractivity contribution in [1.82, 2.24) is 20.4 Å². The molecule has 0 spiro atoms. The van der Waals surface area contributed by atoms with E-state index in [9.17, 15) is 0 Å². The summed E-state index contributed by atoms with van der Waals surface area (Å²) in [6.45, 7) is 5.25. The largest absolute Gasteiger partial charge is 0.376 e. The fourth-order valence-electron chi connectivity index (χ4n) is 2.08. The highest BCUT2D eigenvalue weighted by molar-refractivity contribution is 5.79. The van der Waals surface area contributed by atoms with Gasteiger partial charge in [-0.2, -0.15) is 5.10 Å². The highest BCUT2D eigenvalue weighted by Gasteiger charge is 2.15. The van der Waals surface area contributed by atoms with Gasteiger partial charge in [0, 0.05) is 38.5 Å². The van der Waals surface area contributed by atoms with Gasteiger partial charge in [0.1, 0.15) is 0 Å². The minimum atomic E-state index is 0.322. The Morgan fingerprint density at radius 2 is 2.47 bits per heavy atom. The molecule has 1 atom stereocenters. The first-order chi connectivity index (χ1) is 9.28. The van der Waals surface area contributed by atoms with Gasteiger partial charge in [-0.05, 0) is 19.8 Å². The fourth-order valence-corrected chi connectivity index (χ4v) is 2.08. The quantitative estimate of drug-likeness (QED) is 0.606. The molecule has 0 radical (unpaired) electrons. The smallest absolute Gasteiger partial charge is 0.191 e. The molecule has 106 valence electrons. The second-order valence-corrected chi connectivity index (χ2v) is 4.73. The summed E-state index contributed by atoms with van der Waals surface area (Å²) in [5, 5.41) is 10.7. The number of nitrogens with zero attached hydrogens (tertiary/aromatic N) is 3. The van der Waals surface area contributed by atoms with Crippen molar-refractivity contribution in [3.05, 3.63) is 18.0 Å². The third-order valence-corrected chi connectivity index (χ3v) is 3.04. The van der Waals surface area contributed by atoms with E-state index in [0.717, 1.165) is 44.1 Å². The number of guanidine groups is 1. The van der Waals surface area contributed by atoms with Crippen molar-refractivity contribution >= 4 is 5.96 Å². The molecule has 1 aromatic heterocycles. The van der Waals surface area contributed by atoms with Gasteiger partial charge in [-0.15, -0.1) is 0 Å². The van der Waals surface area contributed by atoms with Gasteiger partial charge >= 0.3 is 0 Å². The third-order valence-electron chi connectivity index (χ3n) is 3.04. The predicted octanol–water partition coefficient (Wildman–Crippen LogP) is 0.654. The van der Waals surface area contributed by atoms with Crippen LogP contribution in [0.3, 0.4) is 0 Å². The molecule has 6 nitrogen and oxygen atoms in total. The lowest BCUT2D eigenvalue weighted by molar-refractivity contribution is 0.114. The number of aliphatic imine (C=N–C) groups is 1. The maximum atomic E-state index is 5.59. The van der Waals surface area contributed by atoms with E-state index in [-0.39, 0.29) is 0 Å². The standard InChI is InChI=1S/C13H23N5O/c1-3-14-13(16-9-12-5-4-6-19-12)15-7-11-8-17-18(2)10-11/h8,10,12H,3-7,9H2,1-2H3,(H2,14,15,16). The molecule has 1 unspecified atom stereocenters. The summed E-state index contributed by atoms with van der Waals surface area (Å²) in [4.78, 5) is 4.54. The van der Waals surface area contributed by atoms with E-state index in [1.54, 1.807) is 4.68 Å². The van der Waals surface area contributed by atoms with Crippen LogP contribution in [0.5, 0.6) is 0 Å². The lowest BCUT2D eigenvalue weighted by atomic mass is 10.2. The Balaban J connectivity index is 1.83. The Morgan fingerprint density at radius 1 is 1.58 bits per heavy atom. The Kier molecular flexibility index (Phi) is 5.20. The van der Waals surface area contributed by atoms with Gasteiger partial charge in [0.05, 0.1) is 18.8 Å². The van der Waals surface area contributed by atoms with E-state index in [1.807, 2.05) is 19.4 Å². The molecular weight excluding hydrogens is 242 g/mol. The lowest BCUT2D eigenvalue weighted by Gasteiger charge is -2.14. The van der Waals surface area contributed by atoms with Crippen molar-refractivity contribution in [2.45, 2.75) is 32.4 Å². The topological polar surface area (TPSA) is 63.5 Å². The summed E-state index contributed by atoms with van der Waals surface area (Å²) in [7, 11) is 1.91. The monoisotopic (exact) mass is 265 g/mol. The molecule has 6 heteroatoms. The second-order valence-electron chi connectivity index (χ2n) is 4.73. The molecule has 0 aromatic carbocycles. The highest BCUT2D eigenvalue weighted by Crippen LogP contribution is 2.10. The first-order valence-electron chi connectivity index (χ1n) is 6.89.